The van der Waals surface area contributed by atoms with Gasteiger partial charge >= 0.3 is 6.09 Å². The number of aryl methyl sites for hydroxylation is 1. The molecule has 0 aliphatic heterocycles. The number of anilines is 3. The van der Waals surface area contributed by atoms with Crippen LogP contribution in [0.15, 0.2) is 70.5 Å². The molecule has 3 aromatic rings. The van der Waals surface area contributed by atoms with Gasteiger partial charge in [-0.05, 0) is 67.1 Å². The van der Waals surface area contributed by atoms with E-state index in [1.54, 1.807) is 61.5 Å². The fourth-order valence-electron chi connectivity index (χ4n) is 2.69. The highest BCUT2D eigenvalue weighted by Gasteiger charge is 2.22. The first-order chi connectivity index (χ1) is 16.0. The minimum atomic E-state index is -1.69. The minimum Gasteiger partial charge on any atom is -0.445 e. The molecule has 2 amide bonds. The fraction of sp³-hybridized carbons (Fsp3) is 0.130. The fourth-order valence-corrected chi connectivity index (χ4v) is 3.69. The van der Waals surface area contributed by atoms with Crippen LogP contribution in [0.5, 0.6) is 0 Å². The van der Waals surface area contributed by atoms with Crippen molar-refractivity contribution in [3.8, 4) is 0 Å². The summed E-state index contributed by atoms with van der Waals surface area (Å²) in [5.74, 6) is -0.798. The highest BCUT2D eigenvalue weighted by atomic mass is 35.6. The number of carbonyl (C=O) groups excluding carboxylic acids is 2. The Balaban J connectivity index is 1.60. The molecule has 0 bridgehead atoms. The van der Waals surface area contributed by atoms with Crippen molar-refractivity contribution < 1.29 is 18.7 Å². The highest BCUT2D eigenvalue weighted by Crippen LogP contribution is 2.33. The van der Waals surface area contributed by atoms with Gasteiger partial charge in [-0.3, -0.25) is 10.1 Å². The van der Waals surface area contributed by atoms with Crippen LogP contribution in [-0.4, -0.2) is 22.4 Å². The lowest BCUT2D eigenvalue weighted by molar-refractivity contribution is 0.102. The van der Waals surface area contributed by atoms with E-state index in [0.717, 1.165) is 9.79 Å². The van der Waals surface area contributed by atoms with E-state index in [-0.39, 0.29) is 6.61 Å². The third-order valence-corrected chi connectivity index (χ3v) is 5.82. The molecule has 3 rings (SSSR count). The quantitative estimate of drug-likeness (QED) is 0.229. The summed E-state index contributed by atoms with van der Waals surface area (Å²) in [5, 5.41) is 5.18. The lowest BCUT2D eigenvalue weighted by atomic mass is 10.1. The van der Waals surface area contributed by atoms with Gasteiger partial charge in [-0.15, -0.1) is 0 Å². The maximum Gasteiger partial charge on any atom is 0.411 e. The van der Waals surface area contributed by atoms with Crippen molar-refractivity contribution in [1.82, 2.24) is 0 Å². The topological polar surface area (TPSA) is 93.5 Å². The lowest BCUT2D eigenvalue weighted by Gasteiger charge is -2.12. The van der Waals surface area contributed by atoms with Crippen molar-refractivity contribution in [2.24, 2.45) is 0 Å². The molecular weight excluding hydrogens is 524 g/mol. The molecule has 0 aliphatic rings. The van der Waals surface area contributed by atoms with Crippen molar-refractivity contribution in [3.05, 3.63) is 77.6 Å². The third kappa shape index (κ3) is 7.70. The summed E-state index contributed by atoms with van der Waals surface area (Å²) in [4.78, 5) is 25.8. The summed E-state index contributed by atoms with van der Waals surface area (Å²) in [6.45, 7) is 1.26. The van der Waals surface area contributed by atoms with E-state index in [0.29, 0.717) is 28.2 Å². The second-order valence-electron chi connectivity index (χ2n) is 7.11. The maximum absolute atomic E-state index is 13.7. The van der Waals surface area contributed by atoms with Gasteiger partial charge in [0.25, 0.3) is 5.91 Å². The van der Waals surface area contributed by atoms with Crippen molar-refractivity contribution in [2.75, 3.05) is 23.0 Å². The van der Waals surface area contributed by atoms with Crippen LogP contribution < -0.4 is 16.4 Å². The van der Waals surface area contributed by atoms with E-state index < -0.39 is 21.6 Å². The molecule has 0 fully saturated rings. The number of amides is 2. The number of benzene rings is 3. The van der Waals surface area contributed by atoms with Gasteiger partial charge in [-0.25, -0.2) is 9.18 Å². The van der Waals surface area contributed by atoms with E-state index in [9.17, 15) is 14.0 Å². The second kappa shape index (κ2) is 11.2. The molecule has 0 heterocycles. The zero-order chi connectivity index (χ0) is 24.9. The van der Waals surface area contributed by atoms with Crippen LogP contribution >= 0.6 is 46.6 Å². The Labute approximate surface area is 214 Å². The standard InChI is InChI=1S/C23H19Cl3FN3O3S/c1-13-2-4-16(11-18(13)27)29-21(31)14-3-9-20(19(28)10-14)34-17-7-5-15(6-8-17)30-22(32)33-12-23(24,25)26/h2-11H,12,28H2,1H3,(H,29,31)(H,30,32). The number of ether oxygens (including phenoxy) is 1. The van der Waals surface area contributed by atoms with E-state index in [1.165, 1.54) is 17.8 Å². The number of nitrogen functional groups attached to an aromatic ring is 1. The number of rotatable bonds is 6. The van der Waals surface area contributed by atoms with Gasteiger partial charge in [0.05, 0.1) is 0 Å². The number of nitrogens with one attached hydrogen (secondary N) is 2. The highest BCUT2D eigenvalue weighted by molar-refractivity contribution is 7.99. The number of carbonyl (C=O) groups is 2. The summed E-state index contributed by atoms with van der Waals surface area (Å²) >= 11 is 18.0. The molecule has 178 valence electrons. The number of hydrogen-bond donors (Lipinski definition) is 3. The number of halogens is 4. The van der Waals surface area contributed by atoms with Crippen LogP contribution in [0.2, 0.25) is 0 Å². The average Bonchev–Trinajstić information content (AvgIpc) is 2.77. The van der Waals surface area contributed by atoms with Crippen LogP contribution in [-0.2, 0) is 4.74 Å². The summed E-state index contributed by atoms with van der Waals surface area (Å²) in [7, 11) is 0. The van der Waals surface area contributed by atoms with Crippen molar-refractivity contribution >= 4 is 75.6 Å². The molecule has 0 atom stereocenters. The molecule has 0 radical (unpaired) electrons. The third-order valence-electron chi connectivity index (χ3n) is 4.40. The summed E-state index contributed by atoms with van der Waals surface area (Å²) in [6.07, 6.45) is -0.752. The second-order valence-corrected chi connectivity index (χ2v) is 10.7. The Hall–Kier alpha value is -2.65. The van der Waals surface area contributed by atoms with Crippen molar-refractivity contribution in [3.63, 3.8) is 0 Å². The van der Waals surface area contributed by atoms with Crippen molar-refractivity contribution in [1.29, 1.82) is 0 Å². The summed E-state index contributed by atoms with van der Waals surface area (Å²) in [6, 6.07) is 16.3. The Kier molecular flexibility index (Phi) is 8.54. The molecule has 34 heavy (non-hydrogen) atoms. The van der Waals surface area contributed by atoms with Crippen LogP contribution in [0.1, 0.15) is 15.9 Å². The zero-order valence-corrected chi connectivity index (χ0v) is 20.8. The molecule has 0 saturated carbocycles. The minimum absolute atomic E-state index is 0.343. The van der Waals surface area contributed by atoms with Crippen LogP contribution in [0, 0.1) is 12.7 Å². The van der Waals surface area contributed by atoms with Gasteiger partial charge in [-0.2, -0.15) is 0 Å². The number of nitrogens with two attached hydrogens (primary N) is 1. The Bertz CT molecular complexity index is 1200. The van der Waals surface area contributed by atoms with Gasteiger partial charge in [0.1, 0.15) is 12.4 Å². The predicted octanol–water partition coefficient (Wildman–Crippen LogP) is 7.04. The van der Waals surface area contributed by atoms with E-state index in [2.05, 4.69) is 10.6 Å². The smallest absolute Gasteiger partial charge is 0.411 e. The lowest BCUT2D eigenvalue weighted by Crippen LogP contribution is -2.21. The van der Waals surface area contributed by atoms with Gasteiger partial charge in [-0.1, -0.05) is 52.6 Å². The zero-order valence-electron chi connectivity index (χ0n) is 17.7. The molecule has 11 heteroatoms. The molecular formula is C23H19Cl3FN3O3S. The average molecular weight is 543 g/mol. The van der Waals surface area contributed by atoms with Gasteiger partial charge in [0.15, 0.2) is 0 Å². The Morgan fingerprint density at radius 1 is 1.00 bits per heavy atom. The van der Waals surface area contributed by atoms with Gasteiger partial charge in [0, 0.05) is 32.4 Å². The first kappa shape index (κ1) is 26.0. The SMILES string of the molecule is Cc1ccc(NC(=O)c2ccc(Sc3ccc(NC(=O)OCC(Cl)(Cl)Cl)cc3)c(N)c2)cc1F. The number of hydrogen-bond acceptors (Lipinski definition) is 5. The van der Waals surface area contributed by atoms with E-state index >= 15 is 0 Å². The molecule has 0 unspecified atom stereocenters. The molecule has 6 nitrogen and oxygen atoms in total. The van der Waals surface area contributed by atoms with E-state index in [1.807, 2.05) is 0 Å². The Morgan fingerprint density at radius 2 is 1.68 bits per heavy atom. The molecule has 0 aliphatic carbocycles. The number of alkyl halides is 3. The monoisotopic (exact) mass is 541 g/mol. The molecule has 0 spiro atoms. The van der Waals surface area contributed by atoms with Crippen LogP contribution in [0.3, 0.4) is 0 Å². The molecule has 3 aromatic carbocycles. The van der Waals surface area contributed by atoms with Crippen LogP contribution in [0.25, 0.3) is 0 Å². The van der Waals surface area contributed by atoms with Crippen molar-refractivity contribution in [2.45, 2.75) is 20.5 Å². The maximum atomic E-state index is 13.7. The largest absolute Gasteiger partial charge is 0.445 e. The Morgan fingerprint density at radius 3 is 2.29 bits per heavy atom. The van der Waals surface area contributed by atoms with Gasteiger partial charge < -0.3 is 15.8 Å². The predicted molar refractivity (Wildman–Crippen MR) is 136 cm³/mol. The van der Waals surface area contributed by atoms with Gasteiger partial charge in [0.2, 0.25) is 3.79 Å². The molecule has 0 aromatic heterocycles. The molecule has 0 saturated heterocycles. The van der Waals surface area contributed by atoms with Crippen LogP contribution in [0.4, 0.5) is 26.2 Å². The summed E-state index contributed by atoms with van der Waals surface area (Å²) < 4.78 is 16.8. The normalized spacial score (nSPS) is 11.1. The van der Waals surface area contributed by atoms with E-state index in [4.69, 9.17) is 45.3 Å². The first-order valence-corrected chi connectivity index (χ1v) is 11.7. The summed E-state index contributed by atoms with van der Waals surface area (Å²) in [5.41, 5.74) is 8.23. The molecule has 4 N–H and O–H groups in total. The first-order valence-electron chi connectivity index (χ1n) is 9.75.